The Morgan fingerprint density at radius 2 is 1.96 bits per heavy atom. The summed E-state index contributed by atoms with van der Waals surface area (Å²) in [5.41, 5.74) is 5.36. The number of carbonyl (C=O) groups is 1. The van der Waals surface area contributed by atoms with Crippen molar-refractivity contribution in [1.82, 2.24) is 15.1 Å². The molecule has 25 heavy (non-hydrogen) atoms. The summed E-state index contributed by atoms with van der Waals surface area (Å²) in [7, 11) is 1.95. The lowest BCUT2D eigenvalue weighted by Gasteiger charge is -2.14. The van der Waals surface area contributed by atoms with Gasteiger partial charge in [-0.3, -0.25) is 9.48 Å². The van der Waals surface area contributed by atoms with E-state index in [-0.39, 0.29) is 18.6 Å². The molecule has 0 saturated carbocycles. The third-order valence-corrected chi connectivity index (χ3v) is 4.53. The van der Waals surface area contributed by atoms with Crippen LogP contribution < -0.4 is 10.6 Å². The van der Waals surface area contributed by atoms with Crippen LogP contribution in [-0.4, -0.2) is 33.4 Å². The Labute approximate surface area is 149 Å². The minimum absolute atomic E-state index is 0.0295. The predicted octanol–water partition coefficient (Wildman–Crippen LogP) is 2.08. The molecule has 136 valence electrons. The maximum atomic E-state index is 12.0. The van der Waals surface area contributed by atoms with E-state index < -0.39 is 0 Å². The first kappa shape index (κ1) is 19.0. The van der Waals surface area contributed by atoms with Gasteiger partial charge in [0.25, 0.3) is 0 Å². The highest BCUT2D eigenvalue weighted by molar-refractivity contribution is 5.79. The maximum Gasteiger partial charge on any atom is 0.224 e. The van der Waals surface area contributed by atoms with E-state index in [0.29, 0.717) is 6.42 Å². The Kier molecular flexibility index (Phi) is 6.58. The van der Waals surface area contributed by atoms with Crippen molar-refractivity contribution >= 4 is 11.6 Å². The zero-order chi connectivity index (χ0) is 18.4. The van der Waals surface area contributed by atoms with Crippen molar-refractivity contribution in [2.75, 3.05) is 11.9 Å². The molecular weight excluding hydrogens is 316 g/mol. The molecule has 1 aromatic carbocycles. The van der Waals surface area contributed by atoms with Gasteiger partial charge in [0.2, 0.25) is 5.91 Å². The Balaban J connectivity index is 1.90. The minimum Gasteiger partial charge on any atom is -0.394 e. The molecule has 0 aliphatic carbocycles. The topological polar surface area (TPSA) is 79.2 Å². The number of carbonyl (C=O) groups excluding carboxylic acids is 1. The zero-order valence-corrected chi connectivity index (χ0v) is 15.5. The molecule has 6 heteroatoms. The molecule has 0 aliphatic heterocycles. The highest BCUT2D eigenvalue weighted by Crippen LogP contribution is 2.16. The number of hydrogen-bond acceptors (Lipinski definition) is 4. The van der Waals surface area contributed by atoms with Crippen molar-refractivity contribution in [2.24, 2.45) is 7.05 Å². The number of anilines is 1. The number of aryl methyl sites for hydroxylation is 2. The summed E-state index contributed by atoms with van der Waals surface area (Å²) in [6.07, 6.45) is 1.04. The van der Waals surface area contributed by atoms with Crippen LogP contribution in [0.2, 0.25) is 0 Å². The maximum absolute atomic E-state index is 12.0. The Bertz CT molecular complexity index is 703. The predicted molar refractivity (Wildman–Crippen MR) is 99.5 cm³/mol. The van der Waals surface area contributed by atoms with Crippen LogP contribution in [0.3, 0.4) is 0 Å². The fourth-order valence-corrected chi connectivity index (χ4v) is 2.75. The Hall–Kier alpha value is -2.34. The molecule has 0 spiro atoms. The monoisotopic (exact) mass is 344 g/mol. The van der Waals surface area contributed by atoms with Crippen LogP contribution in [0.1, 0.15) is 35.9 Å². The van der Waals surface area contributed by atoms with Crippen molar-refractivity contribution in [3.05, 3.63) is 46.8 Å². The SMILES string of the molecule is CCC(CO)NC(=O)Cc1ccc(NCc2c(C)nn(C)c2C)cc1. The van der Waals surface area contributed by atoms with Crippen LogP contribution in [0, 0.1) is 13.8 Å². The van der Waals surface area contributed by atoms with Crippen LogP contribution in [0.25, 0.3) is 0 Å². The summed E-state index contributed by atoms with van der Waals surface area (Å²) in [5, 5.41) is 19.8. The number of aromatic nitrogens is 2. The highest BCUT2D eigenvalue weighted by Gasteiger charge is 2.11. The molecule has 0 bridgehead atoms. The van der Waals surface area contributed by atoms with E-state index in [1.54, 1.807) is 0 Å². The van der Waals surface area contributed by atoms with Crippen LogP contribution in [0.15, 0.2) is 24.3 Å². The summed E-state index contributed by atoms with van der Waals surface area (Å²) >= 11 is 0. The molecule has 2 rings (SSSR count). The number of nitrogens with zero attached hydrogens (tertiary/aromatic N) is 2. The number of rotatable bonds is 8. The molecule has 6 nitrogen and oxygen atoms in total. The number of nitrogens with one attached hydrogen (secondary N) is 2. The molecule has 1 amide bonds. The van der Waals surface area contributed by atoms with Gasteiger partial charge in [0, 0.05) is 30.5 Å². The van der Waals surface area contributed by atoms with Crippen molar-refractivity contribution in [3.63, 3.8) is 0 Å². The lowest BCUT2D eigenvalue weighted by Crippen LogP contribution is -2.37. The summed E-state index contributed by atoms with van der Waals surface area (Å²) in [5.74, 6) is -0.0665. The van der Waals surface area contributed by atoms with E-state index in [1.807, 2.05) is 49.8 Å². The van der Waals surface area contributed by atoms with Crippen molar-refractivity contribution in [2.45, 2.75) is 46.2 Å². The lowest BCUT2D eigenvalue weighted by atomic mass is 10.1. The summed E-state index contributed by atoms with van der Waals surface area (Å²) in [6, 6.07) is 7.69. The Morgan fingerprint density at radius 3 is 2.48 bits per heavy atom. The molecule has 0 fully saturated rings. The van der Waals surface area contributed by atoms with Crippen LogP contribution in [0.5, 0.6) is 0 Å². The minimum atomic E-state index is -0.167. The van der Waals surface area contributed by atoms with Crippen LogP contribution in [-0.2, 0) is 24.8 Å². The summed E-state index contributed by atoms with van der Waals surface area (Å²) in [4.78, 5) is 12.0. The van der Waals surface area contributed by atoms with Crippen molar-refractivity contribution in [1.29, 1.82) is 0 Å². The standard InChI is InChI=1S/C19H28N4O2/c1-5-16(12-24)21-19(25)10-15-6-8-17(9-7-15)20-11-18-13(2)22-23(4)14(18)3/h6-9,16,20,24H,5,10-12H2,1-4H3,(H,21,25). The van der Waals surface area contributed by atoms with E-state index in [0.717, 1.165) is 35.6 Å². The Morgan fingerprint density at radius 1 is 1.28 bits per heavy atom. The quantitative estimate of drug-likeness (QED) is 0.685. The second-order valence-corrected chi connectivity index (χ2v) is 6.36. The van der Waals surface area contributed by atoms with E-state index in [9.17, 15) is 4.79 Å². The van der Waals surface area contributed by atoms with E-state index in [4.69, 9.17) is 5.11 Å². The molecular formula is C19H28N4O2. The van der Waals surface area contributed by atoms with Gasteiger partial charge < -0.3 is 15.7 Å². The average Bonchev–Trinajstić information content (AvgIpc) is 2.84. The molecule has 1 aromatic heterocycles. The summed E-state index contributed by atoms with van der Waals surface area (Å²) in [6.45, 7) is 6.71. The fraction of sp³-hybridized carbons (Fsp3) is 0.474. The van der Waals surface area contributed by atoms with Crippen LogP contribution in [0.4, 0.5) is 5.69 Å². The number of aliphatic hydroxyl groups excluding tert-OH is 1. The zero-order valence-electron chi connectivity index (χ0n) is 15.5. The first-order chi connectivity index (χ1) is 11.9. The van der Waals surface area contributed by atoms with E-state index in [2.05, 4.69) is 22.7 Å². The second-order valence-electron chi connectivity index (χ2n) is 6.36. The fourth-order valence-electron chi connectivity index (χ4n) is 2.75. The number of amides is 1. The number of hydrogen-bond donors (Lipinski definition) is 3. The van der Waals surface area contributed by atoms with E-state index in [1.165, 1.54) is 5.56 Å². The second kappa shape index (κ2) is 8.67. The smallest absolute Gasteiger partial charge is 0.224 e. The molecule has 1 heterocycles. The lowest BCUT2D eigenvalue weighted by molar-refractivity contribution is -0.121. The van der Waals surface area contributed by atoms with Crippen molar-refractivity contribution < 1.29 is 9.90 Å². The third-order valence-electron chi connectivity index (χ3n) is 4.53. The van der Waals surface area contributed by atoms with Gasteiger partial charge in [0.05, 0.1) is 24.8 Å². The molecule has 0 radical (unpaired) electrons. The largest absolute Gasteiger partial charge is 0.394 e. The summed E-state index contributed by atoms with van der Waals surface area (Å²) < 4.78 is 1.89. The van der Waals surface area contributed by atoms with Gasteiger partial charge in [-0.1, -0.05) is 19.1 Å². The van der Waals surface area contributed by atoms with Gasteiger partial charge in [-0.05, 0) is 38.0 Å². The van der Waals surface area contributed by atoms with Gasteiger partial charge in [-0.2, -0.15) is 5.10 Å². The van der Waals surface area contributed by atoms with E-state index >= 15 is 0 Å². The molecule has 3 N–H and O–H groups in total. The normalized spacial score (nSPS) is 12.0. The van der Waals surface area contributed by atoms with Gasteiger partial charge >= 0.3 is 0 Å². The number of benzene rings is 1. The highest BCUT2D eigenvalue weighted by atomic mass is 16.3. The van der Waals surface area contributed by atoms with Gasteiger partial charge in [0.15, 0.2) is 0 Å². The molecule has 1 atom stereocenters. The first-order valence-electron chi connectivity index (χ1n) is 8.66. The van der Waals surface area contributed by atoms with Gasteiger partial charge in [-0.15, -0.1) is 0 Å². The van der Waals surface area contributed by atoms with Crippen LogP contribution >= 0.6 is 0 Å². The van der Waals surface area contributed by atoms with Crippen molar-refractivity contribution in [3.8, 4) is 0 Å². The third kappa shape index (κ3) is 5.06. The average molecular weight is 344 g/mol. The molecule has 1 unspecified atom stereocenters. The molecule has 0 aliphatic rings. The van der Waals surface area contributed by atoms with Gasteiger partial charge in [-0.25, -0.2) is 0 Å². The molecule has 0 saturated heterocycles. The first-order valence-corrected chi connectivity index (χ1v) is 8.66. The molecule has 2 aromatic rings. The van der Waals surface area contributed by atoms with Gasteiger partial charge in [0.1, 0.15) is 0 Å². The number of aliphatic hydroxyl groups is 1.